The van der Waals surface area contributed by atoms with Crippen molar-refractivity contribution in [1.82, 2.24) is 0 Å². The average molecular weight is 716 g/mol. The van der Waals surface area contributed by atoms with E-state index >= 15 is 0 Å². The van der Waals surface area contributed by atoms with Crippen LogP contribution in [0, 0.1) is 0 Å². The second kappa shape index (κ2) is 23.3. The molecule has 212 valence electrons. The third kappa shape index (κ3) is 17.6. The molecule has 0 saturated carbocycles. The van der Waals surface area contributed by atoms with Gasteiger partial charge in [-0.25, -0.2) is 0 Å². The molecule has 0 aromatic heterocycles. The maximum atomic E-state index is 7.65. The Morgan fingerprint density at radius 2 is 0.886 bits per heavy atom. The van der Waals surface area contributed by atoms with Crippen molar-refractivity contribution in [3.05, 3.63) is 0 Å². The molecule has 0 aliphatic rings. The molecule has 0 rings (SSSR count). The van der Waals surface area contributed by atoms with E-state index in [1.165, 1.54) is 51.8 Å². The predicted octanol–water partition coefficient (Wildman–Crippen LogP) is 8.75. The molecule has 2 unspecified atom stereocenters. The first-order valence-electron chi connectivity index (χ1n) is 15.1. The summed E-state index contributed by atoms with van der Waals surface area (Å²) in [6.45, 7) is 20.6. The van der Waals surface area contributed by atoms with Gasteiger partial charge in [-0.15, -0.1) is 0 Å². The van der Waals surface area contributed by atoms with Gasteiger partial charge in [0.15, 0.2) is 0 Å². The Morgan fingerprint density at radius 1 is 0.514 bits per heavy atom. The molecule has 2 atom stereocenters. The molecule has 7 heteroatoms. The second-order valence-corrected chi connectivity index (χ2v) is 32.6. The first-order chi connectivity index (χ1) is 16.9. The molecule has 0 saturated heterocycles. The maximum absolute atomic E-state index is 7.65. The van der Waals surface area contributed by atoms with Crippen LogP contribution in [0.3, 0.4) is 0 Å². The molecule has 0 radical (unpaired) electrons. The molecular weight excluding hydrogens is 654 g/mol. The first kappa shape index (κ1) is 36.4. The van der Waals surface area contributed by atoms with Crippen LogP contribution in [-0.4, -0.2) is 77.0 Å². The van der Waals surface area contributed by atoms with Crippen LogP contribution in [0.5, 0.6) is 0 Å². The van der Waals surface area contributed by atoms with Gasteiger partial charge >= 0.3 is 231 Å². The van der Waals surface area contributed by atoms with Crippen molar-refractivity contribution in [1.29, 1.82) is 0 Å². The third-order valence-electron chi connectivity index (χ3n) is 6.33. The third-order valence-corrected chi connectivity index (χ3v) is 40.6. The molecule has 0 aliphatic heterocycles. The Kier molecular flexibility index (Phi) is 24.2. The van der Waals surface area contributed by atoms with Gasteiger partial charge in [-0.3, -0.25) is 0 Å². The summed E-state index contributed by atoms with van der Waals surface area (Å²) >= 11 is -6.84. The van der Waals surface area contributed by atoms with Crippen LogP contribution in [0.25, 0.3) is 0 Å². The zero-order chi connectivity index (χ0) is 26.4. The van der Waals surface area contributed by atoms with Gasteiger partial charge in [0, 0.05) is 0 Å². The van der Waals surface area contributed by atoms with Crippen molar-refractivity contribution >= 4 is 38.4 Å². The molecule has 0 fully saturated rings. The van der Waals surface area contributed by atoms with Gasteiger partial charge < -0.3 is 0 Å². The molecule has 0 aromatic rings. The summed E-state index contributed by atoms with van der Waals surface area (Å²) in [5.41, 5.74) is 0. The van der Waals surface area contributed by atoms with Crippen molar-refractivity contribution in [2.45, 2.75) is 150 Å². The number of ether oxygens (including phenoxy) is 2. The summed E-state index contributed by atoms with van der Waals surface area (Å²) in [6, 6.07) is 0. The minimum absolute atomic E-state index is 0.00507. The van der Waals surface area contributed by atoms with E-state index in [1.54, 1.807) is 0 Å². The molecule has 0 N–H and O–H groups in total. The molecular formula is C28H62O5Sn2. The number of unbranched alkanes of at least 4 members (excludes halogenated alkanes) is 4. The van der Waals surface area contributed by atoms with Gasteiger partial charge in [-0.2, -0.15) is 0 Å². The first-order valence-corrected chi connectivity index (χ1v) is 27.8. The Morgan fingerprint density at radius 3 is 1.23 bits per heavy atom. The Bertz CT molecular complexity index is 427. The molecule has 0 bridgehead atoms. The van der Waals surface area contributed by atoms with Crippen LogP contribution < -0.4 is 0 Å². The number of hydrogen-bond donors (Lipinski definition) is 0. The van der Waals surface area contributed by atoms with Crippen LogP contribution in [0.15, 0.2) is 0 Å². The quantitative estimate of drug-likeness (QED) is 0.0663. The van der Waals surface area contributed by atoms with E-state index in [4.69, 9.17) is 17.0 Å². The predicted molar refractivity (Wildman–Crippen MR) is 155 cm³/mol. The minimum atomic E-state index is -3.90. The molecule has 0 aromatic carbocycles. The molecule has 0 heterocycles. The topological polar surface area (TPSA) is 46.2 Å². The summed E-state index contributed by atoms with van der Waals surface area (Å²) in [6.07, 6.45) is 11.9. The van der Waals surface area contributed by atoms with E-state index < -0.39 is 38.4 Å². The van der Waals surface area contributed by atoms with Crippen LogP contribution in [-0.2, 0) is 17.0 Å². The number of hydrogen-bond acceptors (Lipinski definition) is 5. The van der Waals surface area contributed by atoms with Crippen molar-refractivity contribution < 1.29 is 17.0 Å². The van der Waals surface area contributed by atoms with Crippen LogP contribution in [0.4, 0.5) is 0 Å². The standard InChI is InChI=1S/2C6H13O2.4C4H9.O.2Sn/c2*1-3-4-8-5-6(2)7;4*1-3-4-2;;;/h2*6H,3-5H2,1-2H3;4*1,3-4H2,2H3;;;/q2*-1;;;;;;;+2. The van der Waals surface area contributed by atoms with Crippen LogP contribution >= 0.6 is 0 Å². The molecule has 0 spiro atoms. The van der Waals surface area contributed by atoms with Gasteiger partial charge in [0.1, 0.15) is 0 Å². The second-order valence-electron chi connectivity index (χ2n) is 10.4. The monoisotopic (exact) mass is 718 g/mol. The molecule has 5 nitrogen and oxygen atoms in total. The van der Waals surface area contributed by atoms with Crippen LogP contribution in [0.1, 0.15) is 120 Å². The van der Waals surface area contributed by atoms with Crippen molar-refractivity contribution in [3.63, 3.8) is 0 Å². The fourth-order valence-electron chi connectivity index (χ4n) is 4.46. The van der Waals surface area contributed by atoms with Crippen molar-refractivity contribution in [3.8, 4) is 0 Å². The average Bonchev–Trinajstić information content (AvgIpc) is 2.84. The Balaban J connectivity index is 6.10. The van der Waals surface area contributed by atoms with E-state index in [0.717, 1.165) is 43.3 Å². The van der Waals surface area contributed by atoms with Gasteiger partial charge in [-0.1, -0.05) is 0 Å². The van der Waals surface area contributed by atoms with E-state index in [-0.39, 0.29) is 12.2 Å². The van der Waals surface area contributed by atoms with Gasteiger partial charge in [0.05, 0.1) is 0 Å². The van der Waals surface area contributed by atoms with E-state index in [2.05, 4.69) is 55.4 Å². The van der Waals surface area contributed by atoms with E-state index in [1.807, 2.05) is 0 Å². The van der Waals surface area contributed by atoms with E-state index in [9.17, 15) is 0 Å². The fraction of sp³-hybridized carbons (Fsp3) is 1.00. The van der Waals surface area contributed by atoms with Crippen molar-refractivity contribution in [2.75, 3.05) is 26.4 Å². The zero-order valence-electron chi connectivity index (χ0n) is 24.9. The van der Waals surface area contributed by atoms with Crippen LogP contribution in [0.2, 0.25) is 17.7 Å². The van der Waals surface area contributed by atoms with Gasteiger partial charge in [0.2, 0.25) is 0 Å². The van der Waals surface area contributed by atoms with E-state index in [0.29, 0.717) is 13.2 Å². The summed E-state index contributed by atoms with van der Waals surface area (Å²) in [7, 11) is 0. The molecule has 0 aliphatic carbocycles. The van der Waals surface area contributed by atoms with Gasteiger partial charge in [-0.05, 0) is 0 Å². The zero-order valence-corrected chi connectivity index (χ0v) is 30.6. The fourth-order valence-corrected chi connectivity index (χ4v) is 47.7. The summed E-state index contributed by atoms with van der Waals surface area (Å²) in [5.74, 6) is 0. The molecule has 0 amide bonds. The van der Waals surface area contributed by atoms with Crippen molar-refractivity contribution in [2.24, 2.45) is 0 Å². The van der Waals surface area contributed by atoms with Gasteiger partial charge in [0.25, 0.3) is 0 Å². The summed E-state index contributed by atoms with van der Waals surface area (Å²) in [4.78, 5) is 0. The Labute approximate surface area is 230 Å². The molecule has 35 heavy (non-hydrogen) atoms. The number of rotatable bonds is 26. The normalized spacial score (nSPS) is 15.8. The SMILES string of the molecule is CCC[CH2][Sn]([CH2]CCC)([CH2]CCC)[O][Sn]([CH2]CCC)([O]C(C)COCCC)[O]C(C)COCCC. The summed E-state index contributed by atoms with van der Waals surface area (Å²) in [5, 5.41) is 0. The Hall–Kier alpha value is 1.40. The summed E-state index contributed by atoms with van der Waals surface area (Å²) < 4.78 is 38.3.